The van der Waals surface area contributed by atoms with E-state index in [1.165, 1.54) is 6.08 Å². The molecule has 0 heterocycles. The Labute approximate surface area is 186 Å². The Morgan fingerprint density at radius 1 is 1.16 bits per heavy atom. The molecule has 2 saturated carbocycles. The third-order valence-electron chi connectivity index (χ3n) is 7.01. The largest absolute Gasteiger partial charge is 0.455 e. The fourth-order valence-corrected chi connectivity index (χ4v) is 4.71. The molecule has 0 aromatic rings. The summed E-state index contributed by atoms with van der Waals surface area (Å²) in [7, 11) is 0. The average Bonchev–Trinajstić information content (AvgIpc) is 3.00. The van der Waals surface area contributed by atoms with Gasteiger partial charge >= 0.3 is 11.9 Å². The molecule has 0 bridgehead atoms. The topological polar surface area (TPSA) is 69.7 Å². The van der Waals surface area contributed by atoms with Crippen LogP contribution in [0.3, 0.4) is 0 Å². The van der Waals surface area contributed by atoms with Crippen molar-refractivity contribution in [2.24, 2.45) is 29.6 Å². The minimum absolute atomic E-state index is 0.0809. The van der Waals surface area contributed by atoms with E-state index in [0.29, 0.717) is 24.0 Å². The van der Waals surface area contributed by atoms with Gasteiger partial charge in [0, 0.05) is 17.9 Å². The van der Waals surface area contributed by atoms with E-state index in [9.17, 15) is 14.4 Å². The van der Waals surface area contributed by atoms with Gasteiger partial charge in [-0.3, -0.25) is 9.59 Å². The molecule has 0 spiro atoms. The van der Waals surface area contributed by atoms with Crippen molar-refractivity contribution in [3.8, 4) is 0 Å². The fourth-order valence-electron chi connectivity index (χ4n) is 4.71. The number of hydrogen-bond acceptors (Lipinski definition) is 5. The van der Waals surface area contributed by atoms with Gasteiger partial charge in [-0.05, 0) is 56.1 Å². The molecule has 6 atom stereocenters. The van der Waals surface area contributed by atoms with Gasteiger partial charge in [0.15, 0.2) is 11.9 Å². The van der Waals surface area contributed by atoms with Gasteiger partial charge < -0.3 is 9.47 Å². The van der Waals surface area contributed by atoms with Crippen molar-refractivity contribution in [2.75, 3.05) is 0 Å². The Morgan fingerprint density at radius 3 is 2.32 bits per heavy atom. The minimum Gasteiger partial charge on any atom is -0.455 e. The van der Waals surface area contributed by atoms with E-state index in [0.717, 1.165) is 12.0 Å². The van der Waals surface area contributed by atoms with Crippen LogP contribution in [-0.2, 0) is 23.9 Å². The molecule has 0 aromatic carbocycles. The van der Waals surface area contributed by atoms with Crippen LogP contribution in [0, 0.1) is 29.6 Å². The lowest BCUT2D eigenvalue weighted by atomic mass is 9.65. The second-order valence-corrected chi connectivity index (χ2v) is 9.31. The Kier molecular flexibility index (Phi) is 8.44. The number of fused-ring (bicyclic) bond motifs is 1. The van der Waals surface area contributed by atoms with E-state index in [1.807, 2.05) is 33.8 Å². The first-order valence-corrected chi connectivity index (χ1v) is 11.5. The van der Waals surface area contributed by atoms with E-state index in [4.69, 9.17) is 9.47 Å². The van der Waals surface area contributed by atoms with Crippen molar-refractivity contribution in [1.82, 2.24) is 0 Å². The number of rotatable bonds is 7. The van der Waals surface area contributed by atoms with Gasteiger partial charge in [0.25, 0.3) is 0 Å². The number of allylic oxidation sites excluding steroid dienone is 2. The van der Waals surface area contributed by atoms with Crippen molar-refractivity contribution in [3.05, 3.63) is 35.5 Å². The molecule has 5 heteroatoms. The van der Waals surface area contributed by atoms with Crippen LogP contribution in [0.5, 0.6) is 0 Å². The van der Waals surface area contributed by atoms with Gasteiger partial charge in [0.1, 0.15) is 6.10 Å². The summed E-state index contributed by atoms with van der Waals surface area (Å²) in [5, 5.41) is 0. The predicted octanol–water partition coefficient (Wildman–Crippen LogP) is 5.21. The van der Waals surface area contributed by atoms with Crippen molar-refractivity contribution >= 4 is 17.7 Å². The molecule has 0 aromatic heterocycles. The molecule has 0 amide bonds. The molecule has 172 valence electrons. The monoisotopic (exact) mass is 430 g/mol. The van der Waals surface area contributed by atoms with Crippen LogP contribution in [0.1, 0.15) is 67.7 Å². The Hall–Kier alpha value is -2.17. The van der Waals surface area contributed by atoms with E-state index in [1.54, 1.807) is 6.92 Å². The number of Topliss-reactive ketones (excluding diaryl/α,β-unsaturated/α-hetero) is 1. The smallest absolute Gasteiger partial charge is 0.331 e. The van der Waals surface area contributed by atoms with Crippen molar-refractivity contribution in [3.63, 3.8) is 0 Å². The first kappa shape index (κ1) is 25.1. The SMILES string of the molecule is C=C1[C@H]2[C@@H](C(=CC)C(=O)[C@H]2OC(=O)[C@H](C)CC)[C@H](C(C)C)C[C@H]1OC(=O)C=C(C)CC. The van der Waals surface area contributed by atoms with Crippen molar-refractivity contribution in [2.45, 2.75) is 79.9 Å². The zero-order valence-corrected chi connectivity index (χ0v) is 20.1. The van der Waals surface area contributed by atoms with Gasteiger partial charge in [-0.15, -0.1) is 0 Å². The van der Waals surface area contributed by atoms with E-state index >= 15 is 0 Å². The molecule has 5 nitrogen and oxygen atoms in total. The fraction of sp³-hybridized carbons (Fsp3) is 0.654. The molecule has 0 saturated heterocycles. The summed E-state index contributed by atoms with van der Waals surface area (Å²) in [6, 6.07) is 0. The molecule has 2 aliphatic rings. The molecule has 31 heavy (non-hydrogen) atoms. The van der Waals surface area contributed by atoms with Crippen LogP contribution in [0.2, 0.25) is 0 Å². The highest BCUT2D eigenvalue weighted by atomic mass is 16.6. The zero-order chi connectivity index (χ0) is 23.5. The predicted molar refractivity (Wildman–Crippen MR) is 121 cm³/mol. The van der Waals surface area contributed by atoms with Crippen molar-refractivity contribution < 1.29 is 23.9 Å². The number of esters is 2. The van der Waals surface area contributed by atoms with Crippen LogP contribution >= 0.6 is 0 Å². The van der Waals surface area contributed by atoms with E-state index in [2.05, 4.69) is 20.4 Å². The summed E-state index contributed by atoms with van der Waals surface area (Å²) in [4.78, 5) is 38.3. The van der Waals surface area contributed by atoms with Gasteiger partial charge in [-0.1, -0.05) is 52.8 Å². The molecule has 0 N–H and O–H groups in total. The second kappa shape index (κ2) is 10.4. The highest BCUT2D eigenvalue weighted by Gasteiger charge is 2.57. The molecular weight excluding hydrogens is 392 g/mol. The Bertz CT molecular complexity index is 788. The lowest BCUT2D eigenvalue weighted by molar-refractivity contribution is -0.160. The molecule has 0 unspecified atom stereocenters. The first-order valence-electron chi connectivity index (χ1n) is 11.5. The molecule has 0 aliphatic heterocycles. The van der Waals surface area contributed by atoms with Crippen molar-refractivity contribution in [1.29, 1.82) is 0 Å². The number of carbonyl (C=O) groups is 3. The van der Waals surface area contributed by atoms with E-state index < -0.39 is 18.2 Å². The molecule has 2 aliphatic carbocycles. The van der Waals surface area contributed by atoms with Gasteiger partial charge in [0.05, 0.1) is 5.92 Å². The van der Waals surface area contributed by atoms with E-state index in [-0.39, 0.29) is 41.3 Å². The number of carbonyl (C=O) groups excluding carboxylic acids is 3. The summed E-state index contributed by atoms with van der Waals surface area (Å²) in [5.41, 5.74) is 2.32. The molecule has 2 rings (SSSR count). The van der Waals surface area contributed by atoms with Crippen LogP contribution < -0.4 is 0 Å². The lowest BCUT2D eigenvalue weighted by Crippen LogP contribution is -2.43. The summed E-state index contributed by atoms with van der Waals surface area (Å²) in [5.74, 6) is -1.26. The van der Waals surface area contributed by atoms with Crippen LogP contribution in [0.15, 0.2) is 35.5 Å². The maximum Gasteiger partial charge on any atom is 0.331 e. The molecular formula is C26H38O5. The van der Waals surface area contributed by atoms with Gasteiger partial charge in [-0.2, -0.15) is 0 Å². The van der Waals surface area contributed by atoms with Gasteiger partial charge in [0.2, 0.25) is 0 Å². The number of hydrogen-bond donors (Lipinski definition) is 0. The van der Waals surface area contributed by atoms with Crippen LogP contribution in [0.4, 0.5) is 0 Å². The Balaban J connectivity index is 2.41. The number of ketones is 1. The maximum absolute atomic E-state index is 13.3. The summed E-state index contributed by atoms with van der Waals surface area (Å²) in [6.07, 6.45) is 3.98. The lowest BCUT2D eigenvalue weighted by Gasteiger charge is -2.42. The maximum atomic E-state index is 13.3. The summed E-state index contributed by atoms with van der Waals surface area (Å²) >= 11 is 0. The quantitative estimate of drug-likeness (QED) is 0.315. The Morgan fingerprint density at radius 2 is 1.81 bits per heavy atom. The third kappa shape index (κ3) is 5.19. The van der Waals surface area contributed by atoms with Gasteiger partial charge in [-0.25, -0.2) is 4.79 Å². The minimum atomic E-state index is -0.902. The first-order chi connectivity index (χ1) is 14.6. The zero-order valence-electron chi connectivity index (χ0n) is 20.1. The molecule has 0 radical (unpaired) electrons. The average molecular weight is 431 g/mol. The highest BCUT2D eigenvalue weighted by Crippen LogP contribution is 2.53. The highest BCUT2D eigenvalue weighted by molar-refractivity contribution is 6.03. The normalized spacial score (nSPS) is 31.0. The summed E-state index contributed by atoms with van der Waals surface area (Å²) in [6.45, 7) is 17.9. The summed E-state index contributed by atoms with van der Waals surface area (Å²) < 4.78 is 11.6. The standard InChI is InChI=1S/C26H38O5/c1-9-15(6)12-21(27)30-20-13-19(14(4)5)23-18(11-3)24(28)25(22(23)17(20)8)31-26(29)16(7)10-2/h11-12,14,16,19-20,22-23,25H,8-10,13H2,1-7H3/t16-,19+,20-,22+,23+,25+/m1/s1. The van der Waals surface area contributed by atoms with Crippen LogP contribution in [0.25, 0.3) is 0 Å². The second-order valence-electron chi connectivity index (χ2n) is 9.31. The third-order valence-corrected chi connectivity index (χ3v) is 7.01. The molecule has 2 fully saturated rings. The van der Waals surface area contributed by atoms with Crippen LogP contribution in [-0.4, -0.2) is 29.9 Å². The number of ether oxygens (including phenoxy) is 2.